The summed E-state index contributed by atoms with van der Waals surface area (Å²) < 4.78 is 13.2. The second-order valence-electron chi connectivity index (χ2n) is 2.19. The molecule has 0 saturated carbocycles. The zero-order valence-electron chi connectivity index (χ0n) is 6.32. The third kappa shape index (κ3) is 1.68. The minimum absolute atomic E-state index is 0.204. The lowest BCUT2D eigenvalue weighted by atomic mass is 10.2. The van der Waals surface area contributed by atoms with Crippen molar-refractivity contribution in [3.05, 3.63) is 28.5 Å². The summed E-state index contributed by atoms with van der Waals surface area (Å²) >= 11 is 7.08. The van der Waals surface area contributed by atoms with Gasteiger partial charge in [-0.1, -0.05) is 11.6 Å². The Morgan fingerprint density at radius 2 is 2.09 bits per heavy atom. The Bertz CT molecular complexity index is 273. The number of hydrogen-bond donors (Lipinski definition) is 0. The van der Waals surface area contributed by atoms with E-state index in [1.807, 2.05) is 6.26 Å². The third-order valence-electron chi connectivity index (χ3n) is 1.50. The first-order valence-electron chi connectivity index (χ1n) is 3.15. The molecule has 0 atom stereocenters. The lowest BCUT2D eigenvalue weighted by Gasteiger charge is -2.03. The fourth-order valence-electron chi connectivity index (χ4n) is 0.794. The molecule has 0 bridgehead atoms. The number of rotatable bonds is 1. The number of hydrogen-bond acceptors (Lipinski definition) is 1. The van der Waals surface area contributed by atoms with Crippen LogP contribution in [0.15, 0.2) is 17.0 Å². The van der Waals surface area contributed by atoms with Gasteiger partial charge >= 0.3 is 0 Å². The van der Waals surface area contributed by atoms with Gasteiger partial charge in [-0.25, -0.2) is 4.39 Å². The molecule has 60 valence electrons. The van der Waals surface area contributed by atoms with E-state index in [1.165, 1.54) is 11.8 Å². The summed E-state index contributed by atoms with van der Waals surface area (Å²) in [4.78, 5) is 0.645. The molecular formula is C8H8ClFS. The molecule has 0 spiro atoms. The van der Waals surface area contributed by atoms with Gasteiger partial charge in [0.15, 0.2) is 0 Å². The van der Waals surface area contributed by atoms with E-state index in [0.717, 1.165) is 0 Å². The molecule has 1 aromatic rings. The molecule has 0 aliphatic heterocycles. The minimum atomic E-state index is -0.204. The van der Waals surface area contributed by atoms with Gasteiger partial charge in [0.25, 0.3) is 0 Å². The smallest absolute Gasteiger partial charge is 0.141 e. The maximum Gasteiger partial charge on any atom is 0.141 e. The van der Waals surface area contributed by atoms with Gasteiger partial charge in [-0.15, -0.1) is 11.8 Å². The van der Waals surface area contributed by atoms with Crippen molar-refractivity contribution in [2.45, 2.75) is 11.8 Å². The van der Waals surface area contributed by atoms with E-state index < -0.39 is 0 Å². The summed E-state index contributed by atoms with van der Waals surface area (Å²) in [6, 6.07) is 3.40. The van der Waals surface area contributed by atoms with Crippen molar-refractivity contribution < 1.29 is 4.39 Å². The molecule has 1 rings (SSSR count). The SMILES string of the molecule is CSc1ccc(Cl)c(C)c1F. The van der Waals surface area contributed by atoms with Crippen molar-refractivity contribution in [2.75, 3.05) is 6.26 Å². The van der Waals surface area contributed by atoms with Crippen LogP contribution in [0.1, 0.15) is 5.56 Å². The lowest BCUT2D eigenvalue weighted by Crippen LogP contribution is -1.86. The van der Waals surface area contributed by atoms with Crippen molar-refractivity contribution in [3.8, 4) is 0 Å². The molecule has 11 heavy (non-hydrogen) atoms. The largest absolute Gasteiger partial charge is 0.205 e. The second-order valence-corrected chi connectivity index (χ2v) is 3.44. The Morgan fingerprint density at radius 1 is 1.45 bits per heavy atom. The second kappa shape index (κ2) is 3.46. The van der Waals surface area contributed by atoms with Crippen LogP contribution in [0, 0.1) is 12.7 Å². The highest BCUT2D eigenvalue weighted by Gasteiger charge is 2.06. The zero-order valence-corrected chi connectivity index (χ0v) is 7.89. The molecule has 0 aliphatic rings. The van der Waals surface area contributed by atoms with Gasteiger partial charge in [-0.3, -0.25) is 0 Å². The van der Waals surface area contributed by atoms with Crippen LogP contribution in [0.25, 0.3) is 0 Å². The summed E-state index contributed by atoms with van der Waals surface area (Å²) in [5, 5.41) is 0.486. The van der Waals surface area contributed by atoms with Crippen molar-refractivity contribution in [1.29, 1.82) is 0 Å². The molecular weight excluding hydrogens is 183 g/mol. The molecule has 0 nitrogen and oxygen atoms in total. The summed E-state index contributed by atoms with van der Waals surface area (Å²) in [5.41, 5.74) is 0.526. The summed E-state index contributed by atoms with van der Waals surface area (Å²) in [7, 11) is 0. The first-order valence-corrected chi connectivity index (χ1v) is 4.75. The summed E-state index contributed by atoms with van der Waals surface area (Å²) in [6.07, 6.45) is 1.84. The van der Waals surface area contributed by atoms with E-state index in [9.17, 15) is 4.39 Å². The average molecular weight is 191 g/mol. The lowest BCUT2D eigenvalue weighted by molar-refractivity contribution is 0.593. The quantitative estimate of drug-likeness (QED) is 0.611. The first kappa shape index (κ1) is 8.88. The van der Waals surface area contributed by atoms with Crippen molar-refractivity contribution >= 4 is 23.4 Å². The molecule has 0 radical (unpaired) electrons. The summed E-state index contributed by atoms with van der Waals surface area (Å²) in [6.45, 7) is 1.68. The van der Waals surface area contributed by atoms with Crippen LogP contribution >= 0.6 is 23.4 Å². The molecule has 0 saturated heterocycles. The summed E-state index contributed by atoms with van der Waals surface area (Å²) in [5.74, 6) is -0.204. The van der Waals surface area contributed by atoms with Gasteiger partial charge in [0.05, 0.1) is 0 Å². The van der Waals surface area contributed by atoms with Crippen LogP contribution in [0.3, 0.4) is 0 Å². The van der Waals surface area contributed by atoms with Crippen LogP contribution in [-0.4, -0.2) is 6.26 Å². The molecule has 0 amide bonds. The van der Waals surface area contributed by atoms with Gasteiger partial charge in [0.1, 0.15) is 5.82 Å². The highest BCUT2D eigenvalue weighted by molar-refractivity contribution is 7.98. The fourth-order valence-corrected chi connectivity index (χ4v) is 1.48. The normalized spacial score (nSPS) is 10.2. The van der Waals surface area contributed by atoms with E-state index in [2.05, 4.69) is 0 Å². The molecule has 1 aromatic carbocycles. The standard InChI is InChI=1S/C8H8ClFS/c1-5-6(9)3-4-7(11-2)8(5)10/h3-4H,1-2H3. The van der Waals surface area contributed by atoms with Crippen LogP contribution < -0.4 is 0 Å². The van der Waals surface area contributed by atoms with Crippen molar-refractivity contribution in [1.82, 2.24) is 0 Å². The van der Waals surface area contributed by atoms with E-state index in [1.54, 1.807) is 19.1 Å². The van der Waals surface area contributed by atoms with E-state index in [4.69, 9.17) is 11.6 Å². The van der Waals surface area contributed by atoms with Crippen LogP contribution in [0.2, 0.25) is 5.02 Å². The van der Waals surface area contributed by atoms with Gasteiger partial charge in [-0.05, 0) is 25.3 Å². The Morgan fingerprint density at radius 3 is 2.64 bits per heavy atom. The third-order valence-corrected chi connectivity index (χ3v) is 2.67. The minimum Gasteiger partial charge on any atom is -0.205 e. The van der Waals surface area contributed by atoms with Gasteiger partial charge in [-0.2, -0.15) is 0 Å². The van der Waals surface area contributed by atoms with Gasteiger partial charge in [0, 0.05) is 15.5 Å². The molecule has 0 heterocycles. The van der Waals surface area contributed by atoms with Crippen LogP contribution in [0.5, 0.6) is 0 Å². The highest BCUT2D eigenvalue weighted by atomic mass is 35.5. The topological polar surface area (TPSA) is 0 Å². The van der Waals surface area contributed by atoms with Crippen molar-refractivity contribution in [3.63, 3.8) is 0 Å². The predicted octanol–water partition coefficient (Wildman–Crippen LogP) is 3.51. The van der Waals surface area contributed by atoms with Crippen LogP contribution in [0.4, 0.5) is 4.39 Å². The Hall–Kier alpha value is -0.210. The highest BCUT2D eigenvalue weighted by Crippen LogP contribution is 2.26. The van der Waals surface area contributed by atoms with Crippen LogP contribution in [-0.2, 0) is 0 Å². The first-order chi connectivity index (χ1) is 5.16. The van der Waals surface area contributed by atoms with E-state index in [-0.39, 0.29) is 5.82 Å². The van der Waals surface area contributed by atoms with Gasteiger partial charge < -0.3 is 0 Å². The molecule has 0 fully saturated rings. The molecule has 0 unspecified atom stereocenters. The van der Waals surface area contributed by atoms with Crippen molar-refractivity contribution in [2.24, 2.45) is 0 Å². The maximum absolute atomic E-state index is 13.2. The molecule has 3 heteroatoms. The van der Waals surface area contributed by atoms with E-state index in [0.29, 0.717) is 15.5 Å². The maximum atomic E-state index is 13.2. The number of thioether (sulfide) groups is 1. The average Bonchev–Trinajstić information content (AvgIpc) is 2.01. The molecule has 0 aliphatic carbocycles. The van der Waals surface area contributed by atoms with Gasteiger partial charge in [0.2, 0.25) is 0 Å². The molecule has 0 aromatic heterocycles. The number of benzene rings is 1. The van der Waals surface area contributed by atoms with E-state index >= 15 is 0 Å². The monoisotopic (exact) mass is 190 g/mol. The fraction of sp³-hybridized carbons (Fsp3) is 0.250. The Balaban J connectivity index is 3.25. The molecule has 0 N–H and O–H groups in total. The zero-order chi connectivity index (χ0) is 8.43. The number of halogens is 2. The Kier molecular flexibility index (Phi) is 2.79. The Labute approximate surface area is 74.8 Å². The predicted molar refractivity (Wildman–Crippen MR) is 47.9 cm³/mol.